The van der Waals surface area contributed by atoms with Crippen molar-refractivity contribution in [3.8, 4) is 0 Å². The number of carbonyl (C=O) groups is 3. The number of hydrogen-bond acceptors (Lipinski definition) is 5. The lowest BCUT2D eigenvalue weighted by Gasteiger charge is -2.28. The third kappa shape index (κ3) is 11.1. The Morgan fingerprint density at radius 1 is 1.03 bits per heavy atom. The maximum Gasteiger partial charge on any atom is 0.326 e. The quantitative estimate of drug-likeness (QED) is 0.428. The monoisotopic (exact) mass is 500 g/mol. The summed E-state index contributed by atoms with van der Waals surface area (Å²) in [7, 11) is 2.00. The summed E-state index contributed by atoms with van der Waals surface area (Å²) in [5, 5.41) is 22.5. The van der Waals surface area contributed by atoms with Gasteiger partial charge in [0.25, 0.3) is 0 Å². The molecule has 3 rings (SSSR count). The van der Waals surface area contributed by atoms with Gasteiger partial charge in [-0.2, -0.15) is 0 Å². The van der Waals surface area contributed by atoms with Crippen molar-refractivity contribution in [2.75, 3.05) is 26.3 Å². The summed E-state index contributed by atoms with van der Waals surface area (Å²) in [6, 6.07) is 11.6. The lowest BCUT2D eigenvalue weighted by atomic mass is 9.88. The number of fused-ring (bicyclic) bond motifs is 1. The van der Waals surface area contributed by atoms with Crippen LogP contribution in [0.4, 0.5) is 4.79 Å². The molecule has 1 fully saturated rings. The zero-order valence-corrected chi connectivity index (χ0v) is 21.6. The Labute approximate surface area is 214 Å². The molecule has 0 aromatic heterocycles. The van der Waals surface area contributed by atoms with Gasteiger partial charge in [-0.15, -0.1) is 0 Å². The fourth-order valence-electron chi connectivity index (χ4n) is 3.51. The van der Waals surface area contributed by atoms with E-state index >= 15 is 0 Å². The number of carbonyl (C=O) groups excluding carboxylic acids is 1. The molecule has 0 spiro atoms. The molecule has 2 aromatic carbocycles. The number of nitrogens with one attached hydrogen (secondary N) is 1. The number of amides is 2. The molecule has 1 saturated heterocycles. The normalized spacial score (nSPS) is 14.4. The van der Waals surface area contributed by atoms with Gasteiger partial charge in [0.1, 0.15) is 19.4 Å². The van der Waals surface area contributed by atoms with E-state index in [0.29, 0.717) is 38.6 Å². The molecule has 1 aliphatic heterocycles. The van der Waals surface area contributed by atoms with E-state index in [1.165, 1.54) is 0 Å². The molecule has 36 heavy (non-hydrogen) atoms. The number of aliphatic carboxylic acids is 2. The number of urea groups is 1. The average molecular weight is 500 g/mol. The van der Waals surface area contributed by atoms with Crippen molar-refractivity contribution in [2.24, 2.45) is 11.7 Å². The zero-order chi connectivity index (χ0) is 27.1. The molecule has 2 amide bonds. The van der Waals surface area contributed by atoms with E-state index in [1.54, 1.807) is 4.90 Å². The van der Waals surface area contributed by atoms with Crippen molar-refractivity contribution >= 4 is 36.0 Å². The van der Waals surface area contributed by atoms with Crippen molar-refractivity contribution in [3.63, 3.8) is 0 Å². The molecule has 0 aliphatic carbocycles. The van der Waals surface area contributed by atoms with Gasteiger partial charge in [0.2, 0.25) is 0 Å². The number of nitrogens with two attached hydrogens (primary N) is 1. The summed E-state index contributed by atoms with van der Waals surface area (Å²) >= 11 is 0. The summed E-state index contributed by atoms with van der Waals surface area (Å²) in [5.74, 6) is -1.59. The van der Waals surface area contributed by atoms with Gasteiger partial charge in [-0.25, -0.2) is 9.59 Å². The highest BCUT2D eigenvalue weighted by molar-refractivity contribution is 6.31. The molecule has 0 bridgehead atoms. The van der Waals surface area contributed by atoms with E-state index < -0.39 is 24.0 Å². The van der Waals surface area contributed by atoms with Crippen LogP contribution in [0.25, 0.3) is 10.8 Å². The third-order valence-electron chi connectivity index (χ3n) is 5.24. The van der Waals surface area contributed by atoms with Gasteiger partial charge in [-0.3, -0.25) is 4.79 Å². The lowest BCUT2D eigenvalue weighted by Crippen LogP contribution is -2.51. The molecular formula is C26H39BN3O6. The smallest absolute Gasteiger partial charge is 0.326 e. The van der Waals surface area contributed by atoms with E-state index in [9.17, 15) is 19.5 Å². The number of carboxylic acids is 2. The second-order valence-corrected chi connectivity index (χ2v) is 8.93. The first kappa shape index (κ1) is 30.9. The Morgan fingerprint density at radius 2 is 1.61 bits per heavy atom. The zero-order valence-electron chi connectivity index (χ0n) is 21.6. The molecule has 1 heterocycles. The van der Waals surface area contributed by atoms with Gasteiger partial charge >= 0.3 is 18.0 Å². The van der Waals surface area contributed by atoms with Gasteiger partial charge < -0.3 is 30.9 Å². The number of nitrogens with zero attached hydrogens (tertiary/aromatic N) is 1. The molecule has 1 radical (unpaired) electrons. The third-order valence-corrected chi connectivity index (χ3v) is 5.24. The van der Waals surface area contributed by atoms with Crippen LogP contribution in [0.15, 0.2) is 42.5 Å². The molecule has 1 aliphatic rings. The summed E-state index contributed by atoms with van der Waals surface area (Å²) in [5.41, 5.74) is 6.12. The minimum absolute atomic E-state index is 0.243. The number of rotatable bonds is 7. The summed E-state index contributed by atoms with van der Waals surface area (Å²) in [6.07, 6.45) is 0.794. The van der Waals surface area contributed by atoms with E-state index in [-0.39, 0.29) is 12.5 Å². The minimum atomic E-state index is -1.04. The average Bonchev–Trinajstić information content (AvgIpc) is 2.84. The van der Waals surface area contributed by atoms with Crippen LogP contribution in [0.1, 0.15) is 25.8 Å². The number of carboxylic acid groups (broad SMARTS) is 2. The van der Waals surface area contributed by atoms with Gasteiger partial charge in [-0.05, 0) is 28.7 Å². The van der Waals surface area contributed by atoms with Crippen molar-refractivity contribution in [1.29, 1.82) is 0 Å². The molecule has 2 aromatic rings. The lowest BCUT2D eigenvalue weighted by molar-refractivity contribution is -0.140. The number of benzene rings is 2. The van der Waals surface area contributed by atoms with Crippen LogP contribution >= 0.6 is 0 Å². The van der Waals surface area contributed by atoms with Gasteiger partial charge in [0.05, 0.1) is 13.2 Å². The van der Waals surface area contributed by atoms with Crippen LogP contribution in [-0.4, -0.2) is 78.7 Å². The standard InChI is InChI=1S/C18H20N2O4.C6H13NO2.C2H6B/c21-17(22)16(19-18(23)20-8-10-24-11-9-20)12-14-6-3-5-13-4-1-2-7-15(13)14;1-4(2)3-5(7)6(8)9;1-3-2/h1-7,16H,8-12H2,(H,19,23)(H,21,22);4-5H,3,7H2,1-2H3,(H,8,9);1-2H3/t16-;5-;/m00./s1. The second-order valence-electron chi connectivity index (χ2n) is 8.93. The van der Waals surface area contributed by atoms with E-state index in [2.05, 4.69) is 5.32 Å². The molecule has 5 N–H and O–H groups in total. The number of morpholine rings is 1. The van der Waals surface area contributed by atoms with Crippen molar-refractivity contribution in [3.05, 3.63) is 48.0 Å². The first-order valence-electron chi connectivity index (χ1n) is 12.2. The summed E-state index contributed by atoms with van der Waals surface area (Å²) in [4.78, 5) is 35.6. The van der Waals surface area contributed by atoms with Gasteiger partial charge in [0.15, 0.2) is 0 Å². The molecule has 0 unspecified atom stereocenters. The molecule has 197 valence electrons. The number of ether oxygens (including phenoxy) is 1. The molecule has 0 saturated carbocycles. The van der Waals surface area contributed by atoms with Crippen molar-refractivity contribution in [1.82, 2.24) is 10.2 Å². The summed E-state index contributed by atoms with van der Waals surface area (Å²) in [6.45, 7) is 9.81. The Balaban J connectivity index is 0.000000454. The highest BCUT2D eigenvalue weighted by Gasteiger charge is 2.25. The minimum Gasteiger partial charge on any atom is -0.480 e. The fourth-order valence-corrected chi connectivity index (χ4v) is 3.51. The number of hydrogen-bond donors (Lipinski definition) is 4. The molecule has 10 heteroatoms. The Bertz CT molecular complexity index is 960. The topological polar surface area (TPSA) is 142 Å². The molecular weight excluding hydrogens is 461 g/mol. The van der Waals surface area contributed by atoms with Crippen molar-refractivity contribution in [2.45, 2.75) is 52.4 Å². The van der Waals surface area contributed by atoms with E-state index in [1.807, 2.05) is 77.2 Å². The second kappa shape index (κ2) is 16.5. The van der Waals surface area contributed by atoms with Crippen LogP contribution < -0.4 is 11.1 Å². The van der Waals surface area contributed by atoms with Crippen LogP contribution in [0, 0.1) is 5.92 Å². The Kier molecular flexibility index (Phi) is 14.2. The fraction of sp³-hybridized carbons (Fsp3) is 0.500. The van der Waals surface area contributed by atoms with Crippen LogP contribution in [0.3, 0.4) is 0 Å². The first-order chi connectivity index (χ1) is 17.1. The molecule has 9 nitrogen and oxygen atoms in total. The van der Waals surface area contributed by atoms with Crippen LogP contribution in [0.2, 0.25) is 13.6 Å². The predicted molar refractivity (Wildman–Crippen MR) is 143 cm³/mol. The largest absolute Gasteiger partial charge is 0.480 e. The maximum atomic E-state index is 12.3. The Morgan fingerprint density at radius 3 is 2.14 bits per heavy atom. The van der Waals surface area contributed by atoms with Gasteiger partial charge in [0, 0.05) is 19.5 Å². The highest BCUT2D eigenvalue weighted by atomic mass is 16.5. The van der Waals surface area contributed by atoms with Gasteiger partial charge in [-0.1, -0.05) is 70.0 Å². The molecule has 2 atom stereocenters. The van der Waals surface area contributed by atoms with Crippen molar-refractivity contribution < 1.29 is 29.3 Å². The highest BCUT2D eigenvalue weighted by Crippen LogP contribution is 2.20. The maximum absolute atomic E-state index is 12.3. The SMILES string of the molecule is CC(C)C[C@H](N)C(=O)O.C[B]C.O=C(O)[C@H](Cc1cccc2ccccc12)NC(=O)N1CCOCC1. The van der Waals surface area contributed by atoms with Crippen LogP contribution in [-0.2, 0) is 20.7 Å². The van der Waals surface area contributed by atoms with Crippen LogP contribution in [0.5, 0.6) is 0 Å². The van der Waals surface area contributed by atoms with E-state index in [4.69, 9.17) is 15.6 Å². The van der Waals surface area contributed by atoms with E-state index in [0.717, 1.165) is 16.3 Å². The Hall–Kier alpha value is -3.11. The first-order valence-corrected chi connectivity index (χ1v) is 12.2. The summed E-state index contributed by atoms with van der Waals surface area (Å²) < 4.78 is 5.21. The predicted octanol–water partition coefficient (Wildman–Crippen LogP) is 3.11.